The second-order valence-corrected chi connectivity index (χ2v) is 11.9. The van der Waals surface area contributed by atoms with Crippen molar-refractivity contribution >= 4 is 5.91 Å². The quantitative estimate of drug-likeness (QED) is 0.0947. The Balaban J connectivity index is 1.61. The molecule has 2 unspecified atom stereocenters. The van der Waals surface area contributed by atoms with Crippen LogP contribution in [0, 0.1) is 0 Å². The average molecular weight is 708 g/mol. The van der Waals surface area contributed by atoms with E-state index in [4.69, 9.17) is 33.2 Å². The summed E-state index contributed by atoms with van der Waals surface area (Å²) in [5.41, 5.74) is 0. The molecule has 0 bridgehead atoms. The van der Waals surface area contributed by atoms with Crippen LogP contribution in [0.15, 0.2) is 0 Å². The molecule has 4 aliphatic rings. The summed E-state index contributed by atoms with van der Waals surface area (Å²) in [5, 5.41) is 136. The van der Waals surface area contributed by atoms with Gasteiger partial charge in [0.1, 0.15) is 97.6 Å². The lowest BCUT2D eigenvalue weighted by molar-refractivity contribution is -0.379. The zero-order valence-electron chi connectivity index (χ0n) is 25.5. The van der Waals surface area contributed by atoms with Crippen molar-refractivity contribution in [2.75, 3.05) is 26.4 Å². The first-order chi connectivity index (χ1) is 22.7. The largest absolute Gasteiger partial charge is 0.394 e. The Morgan fingerprint density at radius 1 is 0.500 bits per heavy atom. The van der Waals surface area contributed by atoms with Gasteiger partial charge in [-0.05, 0) is 0 Å². The van der Waals surface area contributed by atoms with E-state index in [9.17, 15) is 71.2 Å². The molecule has 4 fully saturated rings. The molecule has 14 N–H and O–H groups in total. The van der Waals surface area contributed by atoms with Crippen molar-refractivity contribution in [2.24, 2.45) is 0 Å². The molecule has 1 amide bonds. The highest BCUT2D eigenvalue weighted by atomic mass is 16.8. The maximum absolute atomic E-state index is 12.3. The number of nitrogens with one attached hydrogen (secondary N) is 1. The second-order valence-electron chi connectivity index (χ2n) is 11.9. The molecule has 22 nitrogen and oxygen atoms in total. The summed E-state index contributed by atoms with van der Waals surface area (Å²) in [7, 11) is 0. The number of carbonyl (C=O) groups is 1. The molecular formula is C26H45NO21. The van der Waals surface area contributed by atoms with Gasteiger partial charge in [-0.3, -0.25) is 4.79 Å². The second kappa shape index (κ2) is 16.8. The van der Waals surface area contributed by atoms with Crippen LogP contribution in [-0.4, -0.2) is 221 Å². The van der Waals surface area contributed by atoms with Crippen LogP contribution in [0.3, 0.4) is 0 Å². The standard InChI is InChI=1S/C26H45NO21/c1-6(32)27-11-21(47-25-18(39)15(36)12(33)7(2-28)44-25)13(34)8(3-29)43-24(11)48-22-14(35)9(4-30)45-26(19(22)40)46-20-10(5-31)42-23(41)17(38)16(20)37/h7-26,28-31,33-41H,2-5H2,1H3,(H,27,32)/t7-,8-,9-,10-,11-,12?,13-,14+,15+,16-,17-,18-,19-,20?,21-,22+,23-,24+,25-,26+/m1/s1. The van der Waals surface area contributed by atoms with Crippen LogP contribution in [-0.2, 0) is 38.0 Å². The monoisotopic (exact) mass is 707 g/mol. The molecule has 0 aliphatic carbocycles. The molecule has 0 spiro atoms. The third-order valence-electron chi connectivity index (χ3n) is 8.61. The van der Waals surface area contributed by atoms with Gasteiger partial charge in [0.05, 0.1) is 26.4 Å². The number of aliphatic hydroxyl groups is 13. The van der Waals surface area contributed by atoms with Gasteiger partial charge in [0, 0.05) is 6.92 Å². The summed E-state index contributed by atoms with van der Waals surface area (Å²) in [4.78, 5) is 12.3. The van der Waals surface area contributed by atoms with Gasteiger partial charge in [0.25, 0.3) is 0 Å². The predicted octanol–water partition coefficient (Wildman–Crippen LogP) is -9.61. The number of amides is 1. The van der Waals surface area contributed by atoms with Crippen molar-refractivity contribution in [3.05, 3.63) is 0 Å². The number of carbonyl (C=O) groups excluding carboxylic acids is 1. The van der Waals surface area contributed by atoms with Crippen LogP contribution >= 0.6 is 0 Å². The normalized spacial score (nSPS) is 50.2. The molecule has 20 atom stereocenters. The first kappa shape index (κ1) is 39.5. The zero-order valence-corrected chi connectivity index (χ0v) is 25.5. The van der Waals surface area contributed by atoms with Crippen molar-refractivity contribution in [1.82, 2.24) is 5.32 Å². The molecule has 22 heteroatoms. The van der Waals surface area contributed by atoms with Crippen molar-refractivity contribution in [3.8, 4) is 0 Å². The lowest BCUT2D eigenvalue weighted by Crippen LogP contribution is -2.70. The molecule has 4 aliphatic heterocycles. The molecule has 0 aromatic heterocycles. The molecule has 0 saturated carbocycles. The van der Waals surface area contributed by atoms with Gasteiger partial charge in [0.2, 0.25) is 5.91 Å². The molecule has 0 radical (unpaired) electrons. The highest BCUT2D eigenvalue weighted by Crippen LogP contribution is 2.34. The summed E-state index contributed by atoms with van der Waals surface area (Å²) in [6.45, 7) is -2.41. The van der Waals surface area contributed by atoms with Crippen molar-refractivity contribution in [1.29, 1.82) is 0 Å². The summed E-state index contributed by atoms with van der Waals surface area (Å²) >= 11 is 0. The minimum atomic E-state index is -2.04. The Morgan fingerprint density at radius 2 is 0.958 bits per heavy atom. The van der Waals surface area contributed by atoms with Crippen LogP contribution in [0.4, 0.5) is 0 Å². The van der Waals surface area contributed by atoms with E-state index in [1.165, 1.54) is 0 Å². The van der Waals surface area contributed by atoms with Crippen molar-refractivity contribution in [3.63, 3.8) is 0 Å². The maximum atomic E-state index is 12.3. The van der Waals surface area contributed by atoms with Crippen LogP contribution in [0.1, 0.15) is 6.92 Å². The van der Waals surface area contributed by atoms with E-state index in [2.05, 4.69) is 5.32 Å². The molecule has 0 aromatic rings. The summed E-state index contributed by atoms with van der Waals surface area (Å²) in [5.74, 6) is -0.765. The molecule has 4 rings (SSSR count). The van der Waals surface area contributed by atoms with E-state index in [1.54, 1.807) is 0 Å². The summed E-state index contributed by atoms with van der Waals surface area (Å²) in [6.07, 6.45) is -33.8. The number of aliphatic hydroxyl groups excluding tert-OH is 13. The lowest BCUT2D eigenvalue weighted by atomic mass is 9.94. The molecule has 0 aromatic carbocycles. The number of rotatable bonds is 11. The molecule has 48 heavy (non-hydrogen) atoms. The SMILES string of the molecule is CC(=O)N[C@H]1[C@H](O[C@H]2[C@@H](O)[C@@H](CO)O[C@@H](OC3[C@@H](CO)O[C@@H](O)[C@H](O)[C@H]3O)[C@@H]2O)O[C@H](CO)[C@@H](O)[C@@H]1O[C@H]1O[C@H](CO)C(O)[C@H](O)[C@H]1O. The van der Waals surface area contributed by atoms with E-state index in [1.807, 2.05) is 0 Å². The van der Waals surface area contributed by atoms with Gasteiger partial charge >= 0.3 is 0 Å². The molecular weight excluding hydrogens is 662 g/mol. The fourth-order valence-electron chi connectivity index (χ4n) is 5.94. The fourth-order valence-corrected chi connectivity index (χ4v) is 5.94. The van der Waals surface area contributed by atoms with Gasteiger partial charge in [-0.25, -0.2) is 0 Å². The van der Waals surface area contributed by atoms with Crippen LogP contribution in [0.2, 0.25) is 0 Å². The summed E-state index contributed by atoms with van der Waals surface area (Å²) in [6, 6.07) is -1.61. The Hall–Kier alpha value is -1.33. The number of hydrogen-bond donors (Lipinski definition) is 14. The predicted molar refractivity (Wildman–Crippen MR) is 145 cm³/mol. The highest BCUT2D eigenvalue weighted by molar-refractivity contribution is 5.73. The van der Waals surface area contributed by atoms with Gasteiger partial charge < -0.3 is 105 Å². The van der Waals surface area contributed by atoms with E-state index >= 15 is 0 Å². The maximum Gasteiger partial charge on any atom is 0.217 e. The van der Waals surface area contributed by atoms with Gasteiger partial charge in [-0.1, -0.05) is 0 Å². The van der Waals surface area contributed by atoms with Crippen molar-refractivity contribution in [2.45, 2.75) is 130 Å². The Bertz CT molecular complexity index is 1030. The average Bonchev–Trinajstić information content (AvgIpc) is 3.06. The lowest BCUT2D eigenvalue weighted by Gasteiger charge is -2.50. The van der Waals surface area contributed by atoms with Crippen LogP contribution < -0.4 is 5.32 Å². The van der Waals surface area contributed by atoms with Gasteiger partial charge in [0.15, 0.2) is 25.2 Å². The molecule has 4 saturated heterocycles. The van der Waals surface area contributed by atoms with Crippen LogP contribution in [0.5, 0.6) is 0 Å². The smallest absolute Gasteiger partial charge is 0.217 e. The molecule has 4 heterocycles. The minimum Gasteiger partial charge on any atom is -0.394 e. The van der Waals surface area contributed by atoms with E-state index in [0.29, 0.717) is 0 Å². The number of hydrogen-bond acceptors (Lipinski definition) is 21. The fraction of sp³-hybridized carbons (Fsp3) is 0.962. The molecule has 280 valence electrons. The van der Waals surface area contributed by atoms with Gasteiger partial charge in [-0.2, -0.15) is 0 Å². The highest BCUT2D eigenvalue weighted by Gasteiger charge is 2.55. The third kappa shape index (κ3) is 8.08. The first-order valence-corrected chi connectivity index (χ1v) is 15.1. The first-order valence-electron chi connectivity index (χ1n) is 15.1. The topological polar surface area (TPSA) is 357 Å². The van der Waals surface area contributed by atoms with E-state index < -0.39 is 155 Å². The zero-order chi connectivity index (χ0) is 35.6. The minimum absolute atomic E-state index is 0.765. The van der Waals surface area contributed by atoms with Gasteiger partial charge in [-0.15, -0.1) is 0 Å². The van der Waals surface area contributed by atoms with Crippen LogP contribution in [0.25, 0.3) is 0 Å². The Morgan fingerprint density at radius 3 is 1.50 bits per heavy atom. The number of ether oxygens (including phenoxy) is 7. The van der Waals surface area contributed by atoms with E-state index in [0.717, 1.165) is 6.92 Å². The van der Waals surface area contributed by atoms with E-state index in [-0.39, 0.29) is 0 Å². The van der Waals surface area contributed by atoms with Crippen molar-refractivity contribution < 1.29 is 104 Å². The third-order valence-corrected chi connectivity index (χ3v) is 8.61. The Labute approximate surface area is 272 Å². The summed E-state index contributed by atoms with van der Waals surface area (Å²) < 4.78 is 38.7. The Kier molecular flexibility index (Phi) is 13.8.